The third-order valence-corrected chi connectivity index (χ3v) is 3.13. The highest BCUT2D eigenvalue weighted by molar-refractivity contribution is 5.73. The highest BCUT2D eigenvalue weighted by Gasteiger charge is 2.10. The first-order valence-electron chi connectivity index (χ1n) is 6.78. The molecule has 18 heavy (non-hydrogen) atoms. The maximum atomic E-state index is 8.96. The quantitative estimate of drug-likeness (QED) is 0.716. The van der Waals surface area contributed by atoms with E-state index in [4.69, 9.17) is 11.0 Å². The summed E-state index contributed by atoms with van der Waals surface area (Å²) in [5.74, 6) is 0. The average Bonchev–Trinajstić information content (AvgIpc) is 2.38. The third-order valence-electron chi connectivity index (χ3n) is 3.13. The van der Waals surface area contributed by atoms with Crippen LogP contribution in [-0.4, -0.2) is 6.04 Å². The van der Waals surface area contributed by atoms with Crippen LogP contribution in [0.2, 0.25) is 0 Å². The van der Waals surface area contributed by atoms with Crippen molar-refractivity contribution in [3.8, 4) is 6.07 Å². The topological polar surface area (TPSA) is 61.8 Å². The number of nitriles is 1. The predicted molar refractivity (Wildman–Crippen MR) is 77.4 cm³/mol. The molecule has 1 atom stereocenters. The maximum absolute atomic E-state index is 8.96. The number of para-hydroxylation sites is 1. The Balaban J connectivity index is 2.77. The third kappa shape index (κ3) is 3.96. The second-order valence-corrected chi connectivity index (χ2v) is 4.65. The van der Waals surface area contributed by atoms with Gasteiger partial charge in [0, 0.05) is 6.04 Å². The molecule has 0 fully saturated rings. The van der Waals surface area contributed by atoms with Gasteiger partial charge in [0.05, 0.1) is 16.9 Å². The van der Waals surface area contributed by atoms with Gasteiger partial charge in [-0.2, -0.15) is 5.26 Å². The second kappa shape index (κ2) is 7.60. The molecule has 1 aromatic rings. The maximum Gasteiger partial charge on any atom is 0.101 e. The number of anilines is 2. The fraction of sp³-hybridized carbons (Fsp3) is 0.533. The molecule has 0 radical (unpaired) electrons. The summed E-state index contributed by atoms with van der Waals surface area (Å²) in [4.78, 5) is 0. The molecule has 3 N–H and O–H groups in total. The minimum absolute atomic E-state index is 0.450. The van der Waals surface area contributed by atoms with Crippen LogP contribution >= 0.6 is 0 Å². The van der Waals surface area contributed by atoms with Crippen molar-refractivity contribution in [2.75, 3.05) is 11.1 Å². The first-order chi connectivity index (χ1) is 8.72. The van der Waals surface area contributed by atoms with E-state index in [2.05, 4.69) is 25.2 Å². The van der Waals surface area contributed by atoms with E-state index >= 15 is 0 Å². The molecule has 0 bridgehead atoms. The minimum Gasteiger partial charge on any atom is -0.396 e. The molecule has 1 unspecified atom stereocenters. The van der Waals surface area contributed by atoms with E-state index in [0.717, 1.165) is 24.9 Å². The number of nitrogen functional groups attached to an aromatic ring is 1. The molecule has 98 valence electrons. The molecular weight excluding hydrogens is 222 g/mol. The smallest absolute Gasteiger partial charge is 0.101 e. The molecule has 1 aromatic carbocycles. The van der Waals surface area contributed by atoms with Crippen LogP contribution in [0.15, 0.2) is 18.2 Å². The van der Waals surface area contributed by atoms with Gasteiger partial charge in [0.15, 0.2) is 0 Å². The van der Waals surface area contributed by atoms with Crippen LogP contribution in [0.1, 0.15) is 51.5 Å². The molecule has 1 rings (SSSR count). The van der Waals surface area contributed by atoms with Gasteiger partial charge in [-0.05, 0) is 25.0 Å². The first-order valence-corrected chi connectivity index (χ1v) is 6.78. The number of benzene rings is 1. The van der Waals surface area contributed by atoms with Crippen molar-refractivity contribution >= 4 is 11.4 Å². The lowest BCUT2D eigenvalue weighted by Gasteiger charge is -2.20. The summed E-state index contributed by atoms with van der Waals surface area (Å²) >= 11 is 0. The van der Waals surface area contributed by atoms with Crippen molar-refractivity contribution < 1.29 is 0 Å². The Morgan fingerprint density at radius 1 is 1.28 bits per heavy atom. The summed E-state index contributed by atoms with van der Waals surface area (Å²) in [5.41, 5.74) is 7.99. The number of nitrogens with one attached hydrogen (secondary N) is 1. The Hall–Kier alpha value is -1.69. The van der Waals surface area contributed by atoms with E-state index in [1.54, 1.807) is 6.07 Å². The van der Waals surface area contributed by atoms with Crippen LogP contribution in [0.25, 0.3) is 0 Å². The Labute approximate surface area is 110 Å². The number of hydrogen-bond acceptors (Lipinski definition) is 3. The zero-order valence-electron chi connectivity index (χ0n) is 11.4. The van der Waals surface area contributed by atoms with Gasteiger partial charge in [-0.3, -0.25) is 0 Å². The zero-order chi connectivity index (χ0) is 13.4. The molecule has 0 heterocycles. The number of rotatable bonds is 7. The Morgan fingerprint density at radius 2 is 2.06 bits per heavy atom. The molecule has 0 aliphatic heterocycles. The van der Waals surface area contributed by atoms with Gasteiger partial charge in [-0.15, -0.1) is 0 Å². The predicted octanol–water partition coefficient (Wildman–Crippen LogP) is 3.91. The summed E-state index contributed by atoms with van der Waals surface area (Å²) in [6.07, 6.45) is 5.86. The molecule has 0 saturated carbocycles. The van der Waals surface area contributed by atoms with Crippen molar-refractivity contribution in [1.82, 2.24) is 0 Å². The first kappa shape index (κ1) is 14.4. The summed E-state index contributed by atoms with van der Waals surface area (Å²) < 4.78 is 0. The highest BCUT2D eigenvalue weighted by Crippen LogP contribution is 2.24. The lowest BCUT2D eigenvalue weighted by molar-refractivity contribution is 0.564. The fourth-order valence-corrected chi connectivity index (χ4v) is 2.10. The summed E-state index contributed by atoms with van der Waals surface area (Å²) in [6.45, 7) is 4.39. The monoisotopic (exact) mass is 245 g/mol. The summed E-state index contributed by atoms with van der Waals surface area (Å²) in [7, 11) is 0. The van der Waals surface area contributed by atoms with E-state index in [-0.39, 0.29) is 0 Å². The van der Waals surface area contributed by atoms with E-state index in [1.165, 1.54) is 12.8 Å². The Kier molecular flexibility index (Phi) is 6.07. The van der Waals surface area contributed by atoms with Gasteiger partial charge < -0.3 is 11.1 Å². The lowest BCUT2D eigenvalue weighted by atomic mass is 10.0. The molecule has 0 aliphatic rings. The molecule has 0 saturated heterocycles. The number of hydrogen-bond donors (Lipinski definition) is 2. The van der Waals surface area contributed by atoms with E-state index in [9.17, 15) is 0 Å². The molecule has 3 heteroatoms. The van der Waals surface area contributed by atoms with E-state index < -0.39 is 0 Å². The van der Waals surface area contributed by atoms with Gasteiger partial charge >= 0.3 is 0 Å². The van der Waals surface area contributed by atoms with Crippen LogP contribution in [0.3, 0.4) is 0 Å². The van der Waals surface area contributed by atoms with E-state index in [0.29, 0.717) is 17.3 Å². The minimum atomic E-state index is 0.450. The lowest BCUT2D eigenvalue weighted by Crippen LogP contribution is -2.20. The summed E-state index contributed by atoms with van der Waals surface area (Å²) in [5, 5.41) is 12.4. The van der Waals surface area contributed by atoms with Gasteiger partial charge in [-0.1, -0.05) is 39.2 Å². The average molecular weight is 245 g/mol. The van der Waals surface area contributed by atoms with Gasteiger partial charge in [0.1, 0.15) is 6.07 Å². The van der Waals surface area contributed by atoms with Crippen molar-refractivity contribution in [3.63, 3.8) is 0 Å². The van der Waals surface area contributed by atoms with Gasteiger partial charge in [0.25, 0.3) is 0 Å². The van der Waals surface area contributed by atoms with Crippen molar-refractivity contribution in [2.24, 2.45) is 0 Å². The summed E-state index contributed by atoms with van der Waals surface area (Å²) in [6, 6.07) is 8.14. The normalized spacial score (nSPS) is 11.8. The van der Waals surface area contributed by atoms with Crippen LogP contribution < -0.4 is 11.1 Å². The SMILES string of the molecule is CCCCC(CCC)Nc1cccc(C#N)c1N. The molecule has 3 nitrogen and oxygen atoms in total. The Bertz CT molecular complexity index is 407. The second-order valence-electron chi connectivity index (χ2n) is 4.65. The number of nitrogens with two attached hydrogens (primary N) is 1. The number of unbranched alkanes of at least 4 members (excludes halogenated alkanes) is 1. The van der Waals surface area contributed by atoms with Crippen molar-refractivity contribution in [2.45, 2.75) is 52.0 Å². The molecule has 0 aliphatic carbocycles. The van der Waals surface area contributed by atoms with E-state index in [1.807, 2.05) is 12.1 Å². The molecule has 0 aromatic heterocycles. The largest absolute Gasteiger partial charge is 0.396 e. The number of nitrogens with zero attached hydrogens (tertiary/aromatic N) is 1. The van der Waals surface area contributed by atoms with Gasteiger partial charge in [-0.25, -0.2) is 0 Å². The van der Waals surface area contributed by atoms with Crippen molar-refractivity contribution in [3.05, 3.63) is 23.8 Å². The molecule has 0 amide bonds. The Morgan fingerprint density at radius 3 is 2.67 bits per heavy atom. The molecular formula is C15H23N3. The zero-order valence-corrected chi connectivity index (χ0v) is 11.4. The van der Waals surface area contributed by atoms with Crippen LogP contribution in [-0.2, 0) is 0 Å². The fourth-order valence-electron chi connectivity index (χ4n) is 2.10. The van der Waals surface area contributed by atoms with Crippen LogP contribution in [0, 0.1) is 11.3 Å². The van der Waals surface area contributed by atoms with Gasteiger partial charge in [0.2, 0.25) is 0 Å². The van der Waals surface area contributed by atoms with Crippen molar-refractivity contribution in [1.29, 1.82) is 5.26 Å². The standard InChI is InChI=1S/C15H23N3/c1-3-5-9-13(7-4-2)18-14-10-6-8-12(11-16)15(14)17/h6,8,10,13,18H,3-5,7,9,17H2,1-2H3. The van der Waals surface area contributed by atoms with Crippen LogP contribution in [0.5, 0.6) is 0 Å². The highest BCUT2D eigenvalue weighted by atomic mass is 14.9. The molecule has 0 spiro atoms. The van der Waals surface area contributed by atoms with Crippen LogP contribution in [0.4, 0.5) is 11.4 Å².